The standard InChI is InChI=1S/C13H14N4O/c14-10-4-5-11(16-8-10)7-13(18)17-9-12-3-1-2-6-15-12/h1-6,8H,7,9,14H2,(H,17,18). The van der Waals surface area contributed by atoms with Gasteiger partial charge in [0.15, 0.2) is 0 Å². The van der Waals surface area contributed by atoms with E-state index in [9.17, 15) is 4.79 Å². The number of hydrogen-bond donors (Lipinski definition) is 2. The molecule has 0 fully saturated rings. The molecule has 5 heteroatoms. The Hall–Kier alpha value is -2.43. The van der Waals surface area contributed by atoms with Crippen LogP contribution < -0.4 is 11.1 Å². The fourth-order valence-corrected chi connectivity index (χ4v) is 1.46. The molecule has 2 heterocycles. The summed E-state index contributed by atoms with van der Waals surface area (Å²) in [6, 6.07) is 9.06. The summed E-state index contributed by atoms with van der Waals surface area (Å²) in [6.07, 6.45) is 3.48. The Balaban J connectivity index is 1.84. The van der Waals surface area contributed by atoms with Crippen LogP contribution in [0.2, 0.25) is 0 Å². The number of amides is 1. The number of nitrogen functional groups attached to an aromatic ring is 1. The van der Waals surface area contributed by atoms with Gasteiger partial charge in [0.05, 0.1) is 30.5 Å². The lowest BCUT2D eigenvalue weighted by molar-refractivity contribution is -0.120. The first kappa shape index (κ1) is 12.0. The SMILES string of the molecule is Nc1ccc(CC(=O)NCc2ccccn2)nc1. The van der Waals surface area contributed by atoms with Gasteiger partial charge in [-0.05, 0) is 24.3 Å². The molecule has 0 saturated carbocycles. The van der Waals surface area contributed by atoms with E-state index in [-0.39, 0.29) is 12.3 Å². The predicted octanol–water partition coefficient (Wildman–Crippen LogP) is 0.918. The van der Waals surface area contributed by atoms with E-state index in [2.05, 4.69) is 15.3 Å². The van der Waals surface area contributed by atoms with Gasteiger partial charge in [-0.25, -0.2) is 0 Å². The van der Waals surface area contributed by atoms with Crippen molar-refractivity contribution in [3.63, 3.8) is 0 Å². The molecular weight excluding hydrogens is 228 g/mol. The maximum absolute atomic E-state index is 11.7. The van der Waals surface area contributed by atoms with Gasteiger partial charge in [0.2, 0.25) is 5.91 Å². The molecule has 0 bridgehead atoms. The number of hydrogen-bond acceptors (Lipinski definition) is 4. The van der Waals surface area contributed by atoms with Crippen LogP contribution in [0.4, 0.5) is 5.69 Å². The predicted molar refractivity (Wildman–Crippen MR) is 68.4 cm³/mol. The lowest BCUT2D eigenvalue weighted by Crippen LogP contribution is -2.25. The number of nitrogens with two attached hydrogens (primary N) is 1. The normalized spacial score (nSPS) is 10.0. The lowest BCUT2D eigenvalue weighted by atomic mass is 10.2. The van der Waals surface area contributed by atoms with Crippen LogP contribution >= 0.6 is 0 Å². The first-order chi connectivity index (χ1) is 8.74. The molecule has 0 aliphatic rings. The molecular formula is C13H14N4O. The number of anilines is 1. The molecule has 0 aromatic carbocycles. The van der Waals surface area contributed by atoms with Gasteiger partial charge in [-0.3, -0.25) is 14.8 Å². The number of rotatable bonds is 4. The molecule has 0 aliphatic heterocycles. The molecule has 1 amide bonds. The molecule has 0 spiro atoms. The van der Waals surface area contributed by atoms with Crippen molar-refractivity contribution in [1.82, 2.24) is 15.3 Å². The second-order valence-electron chi connectivity index (χ2n) is 3.86. The van der Waals surface area contributed by atoms with E-state index < -0.39 is 0 Å². The number of aromatic nitrogens is 2. The first-order valence-electron chi connectivity index (χ1n) is 5.61. The van der Waals surface area contributed by atoms with Gasteiger partial charge in [-0.2, -0.15) is 0 Å². The lowest BCUT2D eigenvalue weighted by Gasteiger charge is -2.04. The Labute approximate surface area is 105 Å². The molecule has 2 aromatic heterocycles. The van der Waals surface area contributed by atoms with Crippen LogP contribution in [0.25, 0.3) is 0 Å². The Morgan fingerprint density at radius 3 is 2.72 bits per heavy atom. The minimum atomic E-state index is -0.0853. The Morgan fingerprint density at radius 1 is 1.17 bits per heavy atom. The van der Waals surface area contributed by atoms with Crippen LogP contribution in [-0.2, 0) is 17.8 Å². The minimum Gasteiger partial charge on any atom is -0.397 e. The summed E-state index contributed by atoms with van der Waals surface area (Å²) in [6.45, 7) is 0.425. The fraction of sp³-hybridized carbons (Fsp3) is 0.154. The zero-order valence-electron chi connectivity index (χ0n) is 9.84. The molecule has 2 aromatic rings. The van der Waals surface area contributed by atoms with Crippen molar-refractivity contribution in [3.05, 3.63) is 54.1 Å². The largest absolute Gasteiger partial charge is 0.397 e. The molecule has 92 valence electrons. The molecule has 18 heavy (non-hydrogen) atoms. The molecule has 0 atom stereocenters. The second kappa shape index (κ2) is 5.77. The molecule has 2 rings (SSSR count). The topological polar surface area (TPSA) is 80.9 Å². The van der Waals surface area contributed by atoms with Crippen molar-refractivity contribution in [2.75, 3.05) is 5.73 Å². The van der Waals surface area contributed by atoms with E-state index in [1.807, 2.05) is 18.2 Å². The van der Waals surface area contributed by atoms with Crippen molar-refractivity contribution < 1.29 is 4.79 Å². The zero-order valence-corrected chi connectivity index (χ0v) is 9.84. The number of carbonyl (C=O) groups excluding carboxylic acids is 1. The minimum absolute atomic E-state index is 0.0853. The highest BCUT2D eigenvalue weighted by molar-refractivity contribution is 5.78. The number of carbonyl (C=O) groups is 1. The monoisotopic (exact) mass is 242 g/mol. The quantitative estimate of drug-likeness (QED) is 0.835. The highest BCUT2D eigenvalue weighted by atomic mass is 16.1. The molecule has 5 nitrogen and oxygen atoms in total. The molecule has 0 radical (unpaired) electrons. The van der Waals surface area contributed by atoms with Crippen LogP contribution in [0.3, 0.4) is 0 Å². The molecule has 3 N–H and O–H groups in total. The van der Waals surface area contributed by atoms with Gasteiger partial charge in [0.25, 0.3) is 0 Å². The zero-order chi connectivity index (χ0) is 12.8. The molecule has 0 unspecified atom stereocenters. The third-order valence-electron chi connectivity index (χ3n) is 2.38. The van der Waals surface area contributed by atoms with Gasteiger partial charge >= 0.3 is 0 Å². The van der Waals surface area contributed by atoms with Crippen molar-refractivity contribution >= 4 is 11.6 Å². The highest BCUT2D eigenvalue weighted by Crippen LogP contribution is 2.02. The van der Waals surface area contributed by atoms with E-state index in [1.54, 1.807) is 24.5 Å². The van der Waals surface area contributed by atoms with Crippen molar-refractivity contribution in [1.29, 1.82) is 0 Å². The second-order valence-corrected chi connectivity index (χ2v) is 3.86. The molecule has 0 saturated heterocycles. The third kappa shape index (κ3) is 3.55. The summed E-state index contributed by atoms with van der Waals surface area (Å²) >= 11 is 0. The number of pyridine rings is 2. The Morgan fingerprint density at radius 2 is 2.06 bits per heavy atom. The van der Waals surface area contributed by atoms with E-state index in [1.165, 1.54) is 0 Å². The Kier molecular flexibility index (Phi) is 3.86. The number of nitrogens with zero attached hydrogens (tertiary/aromatic N) is 2. The third-order valence-corrected chi connectivity index (χ3v) is 2.38. The smallest absolute Gasteiger partial charge is 0.226 e. The Bertz CT molecular complexity index is 510. The summed E-state index contributed by atoms with van der Waals surface area (Å²) in [5, 5.41) is 2.79. The van der Waals surface area contributed by atoms with Crippen molar-refractivity contribution in [2.24, 2.45) is 0 Å². The maximum Gasteiger partial charge on any atom is 0.226 e. The average molecular weight is 242 g/mol. The van der Waals surface area contributed by atoms with E-state index >= 15 is 0 Å². The molecule has 0 aliphatic carbocycles. The van der Waals surface area contributed by atoms with Crippen LogP contribution in [0.15, 0.2) is 42.7 Å². The summed E-state index contributed by atoms with van der Waals surface area (Å²) in [5.41, 5.74) is 7.64. The van der Waals surface area contributed by atoms with Crippen molar-refractivity contribution in [2.45, 2.75) is 13.0 Å². The van der Waals surface area contributed by atoms with Gasteiger partial charge in [0, 0.05) is 11.9 Å². The first-order valence-corrected chi connectivity index (χ1v) is 5.61. The fourth-order valence-electron chi connectivity index (χ4n) is 1.46. The summed E-state index contributed by atoms with van der Waals surface area (Å²) in [5.74, 6) is -0.0853. The van der Waals surface area contributed by atoms with Gasteiger partial charge in [-0.15, -0.1) is 0 Å². The van der Waals surface area contributed by atoms with E-state index in [4.69, 9.17) is 5.73 Å². The van der Waals surface area contributed by atoms with Crippen LogP contribution in [-0.4, -0.2) is 15.9 Å². The van der Waals surface area contributed by atoms with Crippen LogP contribution in [0, 0.1) is 0 Å². The summed E-state index contributed by atoms with van der Waals surface area (Å²) in [7, 11) is 0. The summed E-state index contributed by atoms with van der Waals surface area (Å²) in [4.78, 5) is 19.9. The average Bonchev–Trinajstić information content (AvgIpc) is 2.40. The summed E-state index contributed by atoms with van der Waals surface area (Å²) < 4.78 is 0. The van der Waals surface area contributed by atoms with Crippen LogP contribution in [0.1, 0.15) is 11.4 Å². The van der Waals surface area contributed by atoms with E-state index in [0.717, 1.165) is 5.69 Å². The van der Waals surface area contributed by atoms with E-state index in [0.29, 0.717) is 17.9 Å². The van der Waals surface area contributed by atoms with Crippen LogP contribution in [0.5, 0.6) is 0 Å². The van der Waals surface area contributed by atoms with Gasteiger partial charge in [0.1, 0.15) is 0 Å². The van der Waals surface area contributed by atoms with Gasteiger partial charge < -0.3 is 11.1 Å². The highest BCUT2D eigenvalue weighted by Gasteiger charge is 2.04. The van der Waals surface area contributed by atoms with Crippen molar-refractivity contribution in [3.8, 4) is 0 Å². The maximum atomic E-state index is 11.7. The number of nitrogens with one attached hydrogen (secondary N) is 1. The van der Waals surface area contributed by atoms with Gasteiger partial charge in [-0.1, -0.05) is 6.07 Å².